The predicted octanol–water partition coefficient (Wildman–Crippen LogP) is 5.76. The molecule has 0 rings (SSSR count). The molecule has 0 fully saturated rings. The number of carbonyl (C=O) groups is 1. The summed E-state index contributed by atoms with van der Waals surface area (Å²) in [5.74, 6) is -1.06. The summed E-state index contributed by atoms with van der Waals surface area (Å²) in [6, 6.07) is 0. The van der Waals surface area contributed by atoms with Crippen LogP contribution in [0.1, 0.15) is 96.8 Å². The highest BCUT2D eigenvalue weighted by molar-refractivity contribution is 7.47. The molecular formula is C22H47NO6P+. The zero-order valence-corrected chi connectivity index (χ0v) is 20.7. The second-order valence-electron chi connectivity index (χ2n) is 9.34. The van der Waals surface area contributed by atoms with Crippen molar-refractivity contribution >= 4 is 13.8 Å². The number of aliphatic carboxylic acids is 1. The number of hydrogen-bond donors (Lipinski definition) is 2. The number of quaternary nitrogens is 1. The van der Waals surface area contributed by atoms with Crippen LogP contribution in [0.15, 0.2) is 0 Å². The van der Waals surface area contributed by atoms with Crippen LogP contribution in [-0.2, 0) is 18.4 Å². The molecule has 0 aliphatic rings. The van der Waals surface area contributed by atoms with E-state index in [0.29, 0.717) is 17.4 Å². The van der Waals surface area contributed by atoms with Gasteiger partial charge in [-0.05, 0) is 6.42 Å². The molecule has 0 heterocycles. The normalized spacial score (nSPS) is 15.1. The molecule has 0 radical (unpaired) electrons. The summed E-state index contributed by atoms with van der Waals surface area (Å²) < 4.78 is 22.7. The van der Waals surface area contributed by atoms with Gasteiger partial charge in [-0.25, -0.2) is 4.57 Å². The minimum atomic E-state index is -4.25. The van der Waals surface area contributed by atoms with Gasteiger partial charge in [0.25, 0.3) is 0 Å². The molecule has 30 heavy (non-hydrogen) atoms. The molecule has 0 aromatic carbocycles. The maximum atomic E-state index is 12.1. The van der Waals surface area contributed by atoms with Crippen LogP contribution in [-0.4, -0.2) is 60.9 Å². The fourth-order valence-electron chi connectivity index (χ4n) is 3.46. The Hall–Kier alpha value is -0.460. The van der Waals surface area contributed by atoms with E-state index >= 15 is 0 Å². The van der Waals surface area contributed by atoms with Crippen molar-refractivity contribution in [3.8, 4) is 0 Å². The molecule has 0 bridgehead atoms. The molecule has 2 unspecified atom stereocenters. The van der Waals surface area contributed by atoms with E-state index in [1.54, 1.807) is 0 Å². The van der Waals surface area contributed by atoms with Gasteiger partial charge in [-0.1, -0.05) is 84.0 Å². The summed E-state index contributed by atoms with van der Waals surface area (Å²) >= 11 is 0. The van der Waals surface area contributed by atoms with Crippen molar-refractivity contribution in [2.45, 2.75) is 103 Å². The van der Waals surface area contributed by atoms with Crippen LogP contribution in [0.25, 0.3) is 0 Å². The van der Waals surface area contributed by atoms with Gasteiger partial charge in [0.05, 0.1) is 34.2 Å². The van der Waals surface area contributed by atoms with E-state index in [2.05, 4.69) is 6.92 Å². The molecule has 7 nitrogen and oxygen atoms in total. The first-order chi connectivity index (χ1) is 14.1. The van der Waals surface area contributed by atoms with E-state index in [4.69, 9.17) is 14.2 Å². The Kier molecular flexibility index (Phi) is 16.9. The van der Waals surface area contributed by atoms with Crippen LogP contribution in [0.5, 0.6) is 0 Å². The number of carboxylic acids is 1. The molecule has 0 spiro atoms. The summed E-state index contributed by atoms with van der Waals surface area (Å²) in [6.45, 7) is 2.70. The highest BCUT2D eigenvalue weighted by atomic mass is 31.2. The highest BCUT2D eigenvalue weighted by Crippen LogP contribution is 2.45. The van der Waals surface area contributed by atoms with Crippen LogP contribution in [0.2, 0.25) is 0 Å². The molecule has 0 saturated heterocycles. The first-order valence-corrected chi connectivity index (χ1v) is 13.2. The maximum Gasteiger partial charge on any atom is 0.472 e. The van der Waals surface area contributed by atoms with Gasteiger partial charge in [0.1, 0.15) is 12.6 Å². The van der Waals surface area contributed by atoms with Gasteiger partial charge in [-0.2, -0.15) is 0 Å². The lowest BCUT2D eigenvalue weighted by molar-refractivity contribution is -0.873. The third-order valence-electron chi connectivity index (χ3n) is 4.94. The summed E-state index contributed by atoms with van der Waals surface area (Å²) in [5.41, 5.74) is 0. The summed E-state index contributed by atoms with van der Waals surface area (Å²) in [5, 5.41) is 8.99. The molecule has 0 amide bonds. The zero-order chi connectivity index (χ0) is 22.9. The number of phosphoric ester groups is 1. The minimum absolute atomic E-state index is 0.149. The fraction of sp³-hybridized carbons (Fsp3) is 0.955. The minimum Gasteiger partial charge on any atom is -0.481 e. The Morgan fingerprint density at radius 2 is 1.30 bits per heavy atom. The number of likely N-dealkylation sites (N-methyl/N-ethyl adjacent to an activating group) is 1. The number of unbranched alkanes of at least 4 members (excludes halogenated alkanes) is 12. The second-order valence-corrected chi connectivity index (χ2v) is 10.7. The Labute approximate surface area is 184 Å². The number of rotatable bonds is 21. The van der Waals surface area contributed by atoms with E-state index in [0.717, 1.165) is 12.8 Å². The average Bonchev–Trinajstić information content (AvgIpc) is 2.59. The fourth-order valence-corrected chi connectivity index (χ4v) is 4.40. The molecule has 0 aromatic rings. The average molecular weight is 453 g/mol. The van der Waals surface area contributed by atoms with Gasteiger partial charge >= 0.3 is 13.8 Å². The predicted molar refractivity (Wildman–Crippen MR) is 121 cm³/mol. The van der Waals surface area contributed by atoms with Crippen LogP contribution in [0, 0.1) is 0 Å². The van der Waals surface area contributed by atoms with Crippen molar-refractivity contribution in [1.29, 1.82) is 0 Å². The van der Waals surface area contributed by atoms with Crippen molar-refractivity contribution in [2.24, 2.45) is 0 Å². The Balaban J connectivity index is 3.77. The molecular weight excluding hydrogens is 405 g/mol. The third kappa shape index (κ3) is 20.8. The van der Waals surface area contributed by atoms with Gasteiger partial charge in [0, 0.05) is 0 Å². The maximum absolute atomic E-state index is 12.1. The molecule has 0 saturated carbocycles. The lowest BCUT2D eigenvalue weighted by Gasteiger charge is -2.29. The van der Waals surface area contributed by atoms with E-state index in [9.17, 15) is 14.3 Å². The Bertz CT molecular complexity index is 481. The van der Waals surface area contributed by atoms with Crippen LogP contribution < -0.4 is 0 Å². The third-order valence-corrected chi connectivity index (χ3v) is 6.01. The smallest absolute Gasteiger partial charge is 0.472 e. The number of carboxylic acid groups (broad SMARTS) is 1. The topological polar surface area (TPSA) is 93.1 Å². The zero-order valence-electron chi connectivity index (χ0n) is 19.8. The van der Waals surface area contributed by atoms with Gasteiger partial charge in [0.2, 0.25) is 0 Å². The van der Waals surface area contributed by atoms with E-state index in [-0.39, 0.29) is 13.0 Å². The summed E-state index contributed by atoms with van der Waals surface area (Å²) in [4.78, 5) is 20.9. The van der Waals surface area contributed by atoms with Crippen molar-refractivity contribution in [2.75, 3.05) is 34.3 Å². The first kappa shape index (κ1) is 29.5. The molecule has 0 aliphatic heterocycles. The number of phosphoric acid groups is 1. The van der Waals surface area contributed by atoms with Crippen molar-refractivity contribution in [3.05, 3.63) is 0 Å². The molecule has 8 heteroatoms. The summed E-state index contributed by atoms with van der Waals surface area (Å²) in [7, 11) is 1.36. The first-order valence-electron chi connectivity index (χ1n) is 11.7. The lowest BCUT2D eigenvalue weighted by Crippen LogP contribution is -2.42. The Morgan fingerprint density at radius 1 is 0.867 bits per heavy atom. The molecule has 2 N–H and O–H groups in total. The standard InChI is InChI=1S/C22H46NO6P/c1-5-6-7-8-9-10-11-12-13-14-15-16-17-18-28-30(26,27)29-21(19-22(24)25)20-23(2,3)4/h21H,5-20H2,1-4H3,(H-,24,25,26,27)/p+1. The van der Waals surface area contributed by atoms with Crippen molar-refractivity contribution in [1.82, 2.24) is 0 Å². The SMILES string of the molecule is CCCCCCCCCCCCCCCOP(=O)(O)OC(CC(=O)O)C[N+](C)(C)C. The molecule has 180 valence electrons. The van der Waals surface area contributed by atoms with E-state index in [1.807, 2.05) is 21.1 Å². The second kappa shape index (κ2) is 17.1. The van der Waals surface area contributed by atoms with Gasteiger partial charge in [-0.15, -0.1) is 0 Å². The van der Waals surface area contributed by atoms with Gasteiger partial charge < -0.3 is 14.5 Å². The molecule has 2 atom stereocenters. The number of hydrogen-bond acceptors (Lipinski definition) is 4. The van der Waals surface area contributed by atoms with E-state index in [1.165, 1.54) is 64.2 Å². The van der Waals surface area contributed by atoms with Crippen LogP contribution in [0.4, 0.5) is 0 Å². The van der Waals surface area contributed by atoms with E-state index < -0.39 is 19.9 Å². The van der Waals surface area contributed by atoms with Crippen LogP contribution >= 0.6 is 7.82 Å². The Morgan fingerprint density at radius 3 is 1.70 bits per heavy atom. The van der Waals surface area contributed by atoms with Crippen molar-refractivity contribution in [3.63, 3.8) is 0 Å². The quantitative estimate of drug-likeness (QED) is 0.131. The van der Waals surface area contributed by atoms with Gasteiger partial charge in [-0.3, -0.25) is 13.8 Å². The lowest BCUT2D eigenvalue weighted by atomic mass is 10.0. The van der Waals surface area contributed by atoms with Crippen LogP contribution in [0.3, 0.4) is 0 Å². The van der Waals surface area contributed by atoms with Crippen molar-refractivity contribution < 1.29 is 32.9 Å². The summed E-state index contributed by atoms with van der Waals surface area (Å²) in [6.07, 6.45) is 14.7. The molecule has 0 aromatic heterocycles. The number of nitrogens with zero attached hydrogens (tertiary/aromatic N) is 1. The molecule has 0 aliphatic carbocycles. The van der Waals surface area contributed by atoms with Gasteiger partial charge in [0.15, 0.2) is 0 Å². The monoisotopic (exact) mass is 452 g/mol. The highest BCUT2D eigenvalue weighted by Gasteiger charge is 2.31. The largest absolute Gasteiger partial charge is 0.481 e.